The fourth-order valence-corrected chi connectivity index (χ4v) is 4.20. The molecular formula is C11H18. The second kappa shape index (κ2) is 2.02. The van der Waals surface area contributed by atoms with E-state index in [0.29, 0.717) is 0 Å². The molecule has 0 aromatic carbocycles. The summed E-state index contributed by atoms with van der Waals surface area (Å²) in [6.45, 7) is 2.51. The first kappa shape index (κ1) is 6.51. The quantitative estimate of drug-likeness (QED) is 0.498. The monoisotopic (exact) mass is 150 g/mol. The van der Waals surface area contributed by atoms with Crippen LogP contribution in [-0.2, 0) is 0 Å². The molecule has 0 N–H and O–H groups in total. The lowest BCUT2D eigenvalue weighted by atomic mass is 9.52. The minimum Gasteiger partial charge on any atom is -0.0620 e. The van der Waals surface area contributed by atoms with E-state index in [1.807, 2.05) is 0 Å². The molecule has 0 heteroatoms. The van der Waals surface area contributed by atoms with Crippen LogP contribution in [0.25, 0.3) is 0 Å². The van der Waals surface area contributed by atoms with Gasteiger partial charge in [-0.15, -0.1) is 0 Å². The molecular weight excluding hydrogens is 132 g/mol. The number of hydrogen-bond donors (Lipinski definition) is 0. The van der Waals surface area contributed by atoms with Gasteiger partial charge in [-0.05, 0) is 61.7 Å². The molecule has 4 saturated carbocycles. The molecule has 4 aliphatic carbocycles. The Morgan fingerprint density at radius 3 is 1.64 bits per heavy atom. The van der Waals surface area contributed by atoms with E-state index in [4.69, 9.17) is 0 Å². The van der Waals surface area contributed by atoms with Gasteiger partial charge in [0.15, 0.2) is 0 Å². The maximum Gasteiger partial charge on any atom is -0.0381 e. The Hall–Kier alpha value is 0. The van der Waals surface area contributed by atoms with Gasteiger partial charge in [0.2, 0.25) is 0 Å². The van der Waals surface area contributed by atoms with Crippen LogP contribution in [0.4, 0.5) is 0 Å². The Balaban J connectivity index is 1.91. The normalized spacial score (nSPS) is 60.3. The van der Waals surface area contributed by atoms with Gasteiger partial charge in [0, 0.05) is 0 Å². The summed E-state index contributed by atoms with van der Waals surface area (Å²) in [5.74, 6) is 5.70. The molecule has 0 nitrogen and oxygen atoms in total. The molecule has 0 aromatic rings. The van der Waals surface area contributed by atoms with Crippen molar-refractivity contribution in [3.8, 4) is 0 Å². The van der Waals surface area contributed by atoms with Crippen molar-refractivity contribution in [2.75, 3.05) is 0 Å². The van der Waals surface area contributed by atoms with Crippen molar-refractivity contribution in [1.29, 1.82) is 0 Å². The van der Waals surface area contributed by atoms with E-state index >= 15 is 0 Å². The third-order valence-corrected chi connectivity index (χ3v) is 4.70. The fourth-order valence-electron chi connectivity index (χ4n) is 4.20. The van der Waals surface area contributed by atoms with E-state index in [9.17, 15) is 0 Å². The Morgan fingerprint density at radius 1 is 0.727 bits per heavy atom. The van der Waals surface area contributed by atoms with Crippen LogP contribution in [0.15, 0.2) is 0 Å². The van der Waals surface area contributed by atoms with Crippen molar-refractivity contribution in [3.05, 3.63) is 0 Å². The van der Waals surface area contributed by atoms with Gasteiger partial charge >= 0.3 is 0 Å². The molecule has 0 unspecified atom stereocenters. The highest BCUT2D eigenvalue weighted by Crippen LogP contribution is 2.56. The van der Waals surface area contributed by atoms with Crippen LogP contribution in [0.1, 0.15) is 39.0 Å². The van der Waals surface area contributed by atoms with Crippen LogP contribution in [0.2, 0.25) is 0 Å². The number of rotatable bonds is 0. The standard InChI is InChI=1S/C11H18/c1-7-10-3-8-2-9(5-10)6-11(7)4-8/h7-11H,2-6H2,1H3. The lowest BCUT2D eigenvalue weighted by Gasteiger charge is -2.53. The summed E-state index contributed by atoms with van der Waals surface area (Å²) in [7, 11) is 0. The highest BCUT2D eigenvalue weighted by atomic mass is 14.5. The molecule has 11 heavy (non-hydrogen) atoms. The predicted molar refractivity (Wildman–Crippen MR) is 46.2 cm³/mol. The molecule has 0 spiro atoms. The molecule has 4 bridgehead atoms. The molecule has 0 heterocycles. The van der Waals surface area contributed by atoms with Gasteiger partial charge in [-0.25, -0.2) is 0 Å². The van der Waals surface area contributed by atoms with Gasteiger partial charge in [-0.2, -0.15) is 0 Å². The minimum atomic E-state index is 1.09. The van der Waals surface area contributed by atoms with Crippen LogP contribution in [0.3, 0.4) is 0 Å². The summed E-state index contributed by atoms with van der Waals surface area (Å²) in [5, 5.41) is 0. The van der Waals surface area contributed by atoms with Crippen LogP contribution in [0, 0.1) is 29.6 Å². The second-order valence-corrected chi connectivity index (χ2v) is 5.29. The van der Waals surface area contributed by atoms with E-state index in [1.54, 1.807) is 32.1 Å². The fraction of sp³-hybridized carbons (Fsp3) is 1.00. The molecule has 4 rings (SSSR count). The Kier molecular flexibility index (Phi) is 1.20. The minimum absolute atomic E-state index is 1.09. The third kappa shape index (κ3) is 0.816. The molecule has 0 aromatic heterocycles. The van der Waals surface area contributed by atoms with Gasteiger partial charge in [0.1, 0.15) is 0 Å². The van der Waals surface area contributed by atoms with E-state index < -0.39 is 0 Å². The summed E-state index contributed by atoms with van der Waals surface area (Å²) in [6, 6.07) is 0. The van der Waals surface area contributed by atoms with Crippen molar-refractivity contribution in [2.24, 2.45) is 29.6 Å². The molecule has 62 valence electrons. The van der Waals surface area contributed by atoms with E-state index in [-0.39, 0.29) is 0 Å². The van der Waals surface area contributed by atoms with E-state index in [1.165, 1.54) is 0 Å². The van der Waals surface area contributed by atoms with E-state index in [2.05, 4.69) is 6.92 Å². The van der Waals surface area contributed by atoms with Crippen LogP contribution < -0.4 is 0 Å². The average molecular weight is 150 g/mol. The zero-order valence-corrected chi connectivity index (χ0v) is 7.42. The van der Waals surface area contributed by atoms with Gasteiger partial charge in [0.25, 0.3) is 0 Å². The molecule has 0 saturated heterocycles. The smallest absolute Gasteiger partial charge is 0.0381 e. The van der Waals surface area contributed by atoms with E-state index in [0.717, 1.165) is 29.6 Å². The van der Waals surface area contributed by atoms with Crippen LogP contribution in [-0.4, -0.2) is 0 Å². The maximum atomic E-state index is 2.51. The molecule has 4 aliphatic rings. The van der Waals surface area contributed by atoms with Gasteiger partial charge in [-0.1, -0.05) is 6.92 Å². The van der Waals surface area contributed by atoms with Crippen molar-refractivity contribution >= 4 is 0 Å². The predicted octanol–water partition coefficient (Wildman–Crippen LogP) is 3.08. The average Bonchev–Trinajstić information content (AvgIpc) is 1.98. The molecule has 0 aliphatic heterocycles. The zero-order valence-electron chi connectivity index (χ0n) is 7.42. The molecule has 0 radical (unpaired) electrons. The highest BCUT2D eigenvalue weighted by molar-refractivity contribution is 4.96. The summed E-state index contributed by atoms with van der Waals surface area (Å²) in [5.41, 5.74) is 0. The third-order valence-electron chi connectivity index (χ3n) is 4.70. The first-order chi connectivity index (χ1) is 5.33. The molecule has 4 fully saturated rings. The van der Waals surface area contributed by atoms with Gasteiger partial charge in [0.05, 0.1) is 0 Å². The lowest BCUT2D eigenvalue weighted by molar-refractivity contribution is -0.0282. The SMILES string of the molecule is CC1C2CC3CC(C2)CC1C3. The Labute approximate surface area is 69.4 Å². The number of hydrogen-bond acceptors (Lipinski definition) is 0. The van der Waals surface area contributed by atoms with Gasteiger partial charge in [-0.3, -0.25) is 0 Å². The Morgan fingerprint density at radius 2 is 1.18 bits per heavy atom. The highest BCUT2D eigenvalue weighted by Gasteiger charge is 2.45. The maximum absolute atomic E-state index is 2.51. The van der Waals surface area contributed by atoms with Crippen LogP contribution >= 0.6 is 0 Å². The van der Waals surface area contributed by atoms with Gasteiger partial charge < -0.3 is 0 Å². The Bertz CT molecular complexity index is 143. The summed E-state index contributed by atoms with van der Waals surface area (Å²) >= 11 is 0. The summed E-state index contributed by atoms with van der Waals surface area (Å²) < 4.78 is 0. The first-order valence-electron chi connectivity index (χ1n) is 5.33. The molecule has 0 amide bonds. The van der Waals surface area contributed by atoms with Crippen molar-refractivity contribution < 1.29 is 0 Å². The lowest BCUT2D eigenvalue weighted by Crippen LogP contribution is -2.43. The van der Waals surface area contributed by atoms with Crippen molar-refractivity contribution in [3.63, 3.8) is 0 Å². The first-order valence-corrected chi connectivity index (χ1v) is 5.33. The van der Waals surface area contributed by atoms with Crippen molar-refractivity contribution in [1.82, 2.24) is 0 Å². The second-order valence-electron chi connectivity index (χ2n) is 5.29. The largest absolute Gasteiger partial charge is 0.0620 e. The van der Waals surface area contributed by atoms with Crippen LogP contribution in [0.5, 0.6) is 0 Å². The topological polar surface area (TPSA) is 0 Å². The summed E-state index contributed by atoms with van der Waals surface area (Å²) in [4.78, 5) is 0. The molecule has 0 atom stereocenters. The van der Waals surface area contributed by atoms with Crippen molar-refractivity contribution in [2.45, 2.75) is 39.0 Å². The summed E-state index contributed by atoms with van der Waals surface area (Å²) in [6.07, 6.45) is 7.96. The zero-order chi connectivity index (χ0) is 7.42.